The average molecular weight is 879 g/mol. The minimum Gasteiger partial charge on any atom is -0.395 e. The van der Waals surface area contributed by atoms with Crippen molar-refractivity contribution in [1.82, 2.24) is 29.9 Å². The maximum atomic E-state index is 12.7. The second-order valence-corrected chi connectivity index (χ2v) is 15.9. The largest absolute Gasteiger partial charge is 0.395 e. The zero-order valence-electron chi connectivity index (χ0n) is 34.8. The van der Waals surface area contributed by atoms with Gasteiger partial charge in [0.2, 0.25) is 35.7 Å². The van der Waals surface area contributed by atoms with Crippen LogP contribution < -0.4 is 31.1 Å². The van der Waals surface area contributed by atoms with Gasteiger partial charge in [0.05, 0.1) is 25.4 Å². The molecule has 0 aliphatic rings. The van der Waals surface area contributed by atoms with E-state index in [0.29, 0.717) is 11.4 Å². The summed E-state index contributed by atoms with van der Waals surface area (Å²) in [6.07, 6.45) is 1.84. The van der Waals surface area contributed by atoms with Gasteiger partial charge >= 0.3 is 0 Å². The Bertz CT molecular complexity index is 2570. The number of aliphatic hydroxyl groups excluding tert-OH is 4. The lowest BCUT2D eigenvalue weighted by atomic mass is 10.1. The lowest BCUT2D eigenvalue weighted by Gasteiger charge is -2.26. The van der Waals surface area contributed by atoms with Gasteiger partial charge in [-0.15, -0.1) is 0 Å². The van der Waals surface area contributed by atoms with Crippen molar-refractivity contribution < 1.29 is 33.4 Å². The fraction of sp³-hybridized carbons (Fsp3) is 0.256. The Morgan fingerprint density at radius 2 is 0.984 bits per heavy atom. The van der Waals surface area contributed by atoms with Gasteiger partial charge in [-0.3, -0.25) is 4.55 Å². The van der Waals surface area contributed by atoms with Gasteiger partial charge in [0.25, 0.3) is 10.1 Å². The summed E-state index contributed by atoms with van der Waals surface area (Å²) in [5, 5.41) is 52.2. The molecule has 330 valence electrons. The number of benzene rings is 4. The molecule has 0 bridgehead atoms. The van der Waals surface area contributed by atoms with E-state index in [1.54, 1.807) is 47.9 Å². The van der Waals surface area contributed by atoms with Crippen LogP contribution in [0.3, 0.4) is 0 Å². The van der Waals surface area contributed by atoms with Crippen molar-refractivity contribution in [2.45, 2.75) is 37.9 Å². The Balaban J connectivity index is 1.25. The van der Waals surface area contributed by atoms with Crippen molar-refractivity contribution in [2.24, 2.45) is 0 Å². The normalized spacial score (nSPS) is 12.4. The summed E-state index contributed by atoms with van der Waals surface area (Å²) in [5.74, 6) is 1.02. The van der Waals surface area contributed by atoms with Gasteiger partial charge in [-0.05, 0) is 86.0 Å². The zero-order chi connectivity index (χ0) is 44.9. The summed E-state index contributed by atoms with van der Waals surface area (Å²) in [4.78, 5) is 30.0. The molecular weight excluding hydrogens is 829 g/mol. The van der Waals surface area contributed by atoms with Crippen LogP contribution in [0.25, 0.3) is 12.2 Å². The number of para-hydroxylation sites is 2. The van der Waals surface area contributed by atoms with Crippen molar-refractivity contribution in [3.8, 4) is 0 Å². The third-order valence-electron chi connectivity index (χ3n) is 9.10. The van der Waals surface area contributed by atoms with Crippen LogP contribution in [0.5, 0.6) is 0 Å². The molecule has 2 aromatic heterocycles. The van der Waals surface area contributed by atoms with Crippen molar-refractivity contribution in [3.05, 3.63) is 114 Å². The zero-order valence-corrected chi connectivity index (χ0v) is 35.6. The SMILES string of the molecule is Cc1cc(Nc2nc(Nc3ccccc3)nc(N(CC(C)O)CC(C)O)n2)ccc1/C=C/c1ccc(Nc2nc(Nc3ccccc3)nc(N(CCO)CCO)n2)cc1S(=O)(=O)O. The third kappa shape index (κ3) is 13.3. The standard InChI is InChI=1S/C43H50N12O7S/c1-28-24-35(46-40-49-39(45-34-12-8-5-9-13-34)52-43(53-40)55(26-29(2)58)27-30(3)59)18-16-31(28)14-15-32-17-19-36(25-37(32)63(60,61)62)47-41-48-38(44-33-10-6-4-7-11-33)50-42(51-41)54(20-22-56)21-23-57/h4-19,24-25,29-30,56-59H,20-23,26-27H2,1-3H3,(H,60,61,62)(H2,44,47,48,50,51)(H2,45,46,49,52,53)/b15-14+. The molecule has 0 saturated heterocycles. The Morgan fingerprint density at radius 3 is 1.41 bits per heavy atom. The number of hydrogen-bond donors (Lipinski definition) is 9. The molecule has 0 radical (unpaired) electrons. The van der Waals surface area contributed by atoms with E-state index in [2.05, 4.69) is 51.2 Å². The van der Waals surface area contributed by atoms with Crippen molar-refractivity contribution in [2.75, 3.05) is 70.5 Å². The minimum atomic E-state index is -4.72. The first-order chi connectivity index (χ1) is 30.3. The number of rotatable bonds is 21. The highest BCUT2D eigenvalue weighted by Crippen LogP contribution is 2.28. The molecule has 0 spiro atoms. The Kier molecular flexibility index (Phi) is 15.5. The molecule has 2 unspecified atom stereocenters. The predicted molar refractivity (Wildman–Crippen MR) is 244 cm³/mol. The fourth-order valence-electron chi connectivity index (χ4n) is 6.32. The monoisotopic (exact) mass is 878 g/mol. The van der Waals surface area contributed by atoms with Crippen molar-refractivity contribution in [3.63, 3.8) is 0 Å². The van der Waals surface area contributed by atoms with E-state index in [-0.39, 0.29) is 91.2 Å². The summed E-state index contributed by atoms with van der Waals surface area (Å²) in [6, 6.07) is 28.4. The molecule has 0 aliphatic carbocycles. The predicted octanol–water partition coefficient (Wildman–Crippen LogP) is 5.12. The van der Waals surface area contributed by atoms with E-state index in [4.69, 9.17) is 0 Å². The molecular formula is C43H50N12O7S. The minimum absolute atomic E-state index is 0.0297. The third-order valence-corrected chi connectivity index (χ3v) is 10.0. The van der Waals surface area contributed by atoms with Gasteiger partial charge in [-0.25, -0.2) is 0 Å². The van der Waals surface area contributed by atoms with Gasteiger partial charge in [0.1, 0.15) is 4.90 Å². The van der Waals surface area contributed by atoms with Crippen LogP contribution in [-0.2, 0) is 10.1 Å². The molecule has 0 saturated carbocycles. The molecule has 6 aromatic rings. The molecule has 20 heteroatoms. The quantitative estimate of drug-likeness (QED) is 0.0336. The van der Waals surface area contributed by atoms with Crippen molar-refractivity contribution >= 4 is 80.7 Å². The highest BCUT2D eigenvalue weighted by Gasteiger charge is 2.20. The van der Waals surface area contributed by atoms with E-state index in [1.807, 2.05) is 79.7 Å². The van der Waals surface area contributed by atoms with E-state index in [1.165, 1.54) is 12.1 Å². The number of hydrogen-bond acceptors (Lipinski definition) is 18. The van der Waals surface area contributed by atoms with E-state index in [0.717, 1.165) is 16.8 Å². The summed E-state index contributed by atoms with van der Waals surface area (Å²) in [5.41, 5.74) is 4.09. The Labute approximate surface area is 365 Å². The molecule has 4 aromatic carbocycles. The smallest absolute Gasteiger partial charge is 0.295 e. The first-order valence-electron chi connectivity index (χ1n) is 19.9. The number of aryl methyl sites for hydroxylation is 1. The number of aromatic nitrogens is 6. The molecule has 19 nitrogen and oxygen atoms in total. The lowest BCUT2D eigenvalue weighted by Crippen LogP contribution is -2.37. The van der Waals surface area contributed by atoms with Crippen LogP contribution in [-0.4, -0.2) is 115 Å². The molecule has 63 heavy (non-hydrogen) atoms. The van der Waals surface area contributed by atoms with Gasteiger partial charge in [-0.2, -0.15) is 38.3 Å². The molecule has 0 aliphatic heterocycles. The second kappa shape index (κ2) is 21.3. The van der Waals surface area contributed by atoms with Crippen LogP contribution in [0.1, 0.15) is 30.5 Å². The molecule has 9 N–H and O–H groups in total. The Morgan fingerprint density at radius 1 is 0.571 bits per heavy atom. The highest BCUT2D eigenvalue weighted by atomic mass is 32.2. The second-order valence-electron chi connectivity index (χ2n) is 14.5. The van der Waals surface area contributed by atoms with E-state index >= 15 is 0 Å². The number of nitrogens with one attached hydrogen (secondary N) is 4. The van der Waals surface area contributed by atoms with Gasteiger partial charge in [-0.1, -0.05) is 60.7 Å². The molecule has 2 atom stereocenters. The topological polar surface area (TPSA) is 267 Å². The molecule has 2 heterocycles. The van der Waals surface area contributed by atoms with Gasteiger partial charge < -0.3 is 51.5 Å². The van der Waals surface area contributed by atoms with Gasteiger partial charge in [0, 0.05) is 48.9 Å². The average Bonchev–Trinajstić information content (AvgIpc) is 3.23. The number of nitrogens with zero attached hydrogens (tertiary/aromatic N) is 8. The highest BCUT2D eigenvalue weighted by molar-refractivity contribution is 7.86. The van der Waals surface area contributed by atoms with Crippen LogP contribution >= 0.6 is 0 Å². The van der Waals surface area contributed by atoms with Crippen LogP contribution in [0.15, 0.2) is 102 Å². The summed E-state index contributed by atoms with van der Waals surface area (Å²) in [7, 11) is -4.72. The molecule has 0 fully saturated rings. The first kappa shape index (κ1) is 45.7. The van der Waals surface area contributed by atoms with Gasteiger partial charge in [0.15, 0.2) is 0 Å². The van der Waals surface area contributed by atoms with Crippen LogP contribution in [0, 0.1) is 6.92 Å². The lowest BCUT2D eigenvalue weighted by molar-refractivity contribution is 0.177. The molecule has 0 amide bonds. The van der Waals surface area contributed by atoms with Crippen molar-refractivity contribution in [1.29, 1.82) is 0 Å². The number of anilines is 10. The fourth-order valence-corrected chi connectivity index (χ4v) is 7.03. The summed E-state index contributed by atoms with van der Waals surface area (Å²) < 4.78 is 35.8. The molecule has 6 rings (SSSR count). The maximum Gasteiger partial charge on any atom is 0.295 e. The summed E-state index contributed by atoms with van der Waals surface area (Å²) in [6.45, 7) is 5.30. The van der Waals surface area contributed by atoms with E-state index in [9.17, 15) is 33.4 Å². The maximum absolute atomic E-state index is 12.7. The van der Waals surface area contributed by atoms with Crippen LogP contribution in [0.4, 0.5) is 58.4 Å². The van der Waals surface area contributed by atoms with E-state index < -0.39 is 22.3 Å². The Hall–Kier alpha value is -6.81. The first-order valence-corrected chi connectivity index (χ1v) is 21.4. The summed E-state index contributed by atoms with van der Waals surface area (Å²) >= 11 is 0. The number of aliphatic hydroxyl groups is 4. The van der Waals surface area contributed by atoms with Crippen LogP contribution in [0.2, 0.25) is 0 Å².